The van der Waals surface area contributed by atoms with Gasteiger partial charge in [-0.15, -0.1) is 0 Å². The third kappa shape index (κ3) is 5.19. The summed E-state index contributed by atoms with van der Waals surface area (Å²) in [7, 11) is -3.43. The Balaban J connectivity index is 2.57. The Kier molecular flexibility index (Phi) is 4.96. The van der Waals surface area contributed by atoms with E-state index >= 15 is 0 Å². The lowest BCUT2D eigenvalue weighted by Gasteiger charge is -2.15. The number of nitrogens with two attached hydrogens (primary N) is 1. The van der Waals surface area contributed by atoms with Gasteiger partial charge in [0.05, 0.1) is 12.4 Å². The fourth-order valence-electron chi connectivity index (χ4n) is 1.54. The van der Waals surface area contributed by atoms with E-state index in [0.29, 0.717) is 6.61 Å². The van der Waals surface area contributed by atoms with Gasteiger partial charge in [-0.25, -0.2) is 13.6 Å². The van der Waals surface area contributed by atoms with Crippen LogP contribution < -0.4 is 9.88 Å². The lowest BCUT2D eigenvalue weighted by molar-refractivity contribution is 0.256. The second-order valence-corrected chi connectivity index (χ2v) is 5.84. The van der Waals surface area contributed by atoms with E-state index < -0.39 is 10.0 Å². The molecule has 0 bridgehead atoms. The fraction of sp³-hybridized carbons (Fsp3) is 0.500. The van der Waals surface area contributed by atoms with E-state index in [1.807, 2.05) is 38.1 Å². The molecule has 17 heavy (non-hydrogen) atoms. The smallest absolute Gasteiger partial charge is 0.209 e. The first-order valence-corrected chi connectivity index (χ1v) is 7.33. The molecule has 0 aromatic heterocycles. The summed E-state index contributed by atoms with van der Waals surface area (Å²) in [6, 6.07) is 7.65. The molecule has 96 valence electrons. The maximum absolute atomic E-state index is 11.0. The summed E-state index contributed by atoms with van der Waals surface area (Å²) in [5.74, 6) is 0.694. The van der Waals surface area contributed by atoms with Gasteiger partial charge in [0.25, 0.3) is 0 Å². The minimum Gasteiger partial charge on any atom is -0.493 e. The minimum atomic E-state index is -3.43. The molecule has 0 aliphatic heterocycles. The molecule has 0 saturated carbocycles. The number of sulfonamides is 1. The second kappa shape index (κ2) is 6.02. The van der Waals surface area contributed by atoms with Crippen molar-refractivity contribution in [3.8, 4) is 5.75 Å². The zero-order valence-corrected chi connectivity index (χ0v) is 11.0. The van der Waals surface area contributed by atoms with E-state index in [-0.39, 0.29) is 11.7 Å². The number of aryl methyl sites for hydroxylation is 1. The normalized spacial score (nSPS) is 13.4. The van der Waals surface area contributed by atoms with Crippen molar-refractivity contribution in [1.82, 2.24) is 0 Å². The molecule has 0 fully saturated rings. The Labute approximate surface area is 103 Å². The molecule has 0 heterocycles. The van der Waals surface area contributed by atoms with E-state index in [1.54, 1.807) is 0 Å². The molecule has 1 aromatic rings. The summed E-state index contributed by atoms with van der Waals surface area (Å²) in [5, 5.41) is 5.03. The molecule has 1 rings (SSSR count). The van der Waals surface area contributed by atoms with Crippen LogP contribution >= 0.6 is 0 Å². The molecular formula is C12H19NO3S. The predicted molar refractivity (Wildman–Crippen MR) is 68.4 cm³/mol. The lowest BCUT2D eigenvalue weighted by Crippen LogP contribution is -2.26. The Morgan fingerprint density at radius 2 is 2.00 bits per heavy atom. The molecule has 4 nitrogen and oxygen atoms in total. The second-order valence-electron chi connectivity index (χ2n) is 4.18. The van der Waals surface area contributed by atoms with Crippen molar-refractivity contribution >= 4 is 10.0 Å². The number of primary sulfonamides is 1. The first-order valence-electron chi connectivity index (χ1n) is 5.61. The van der Waals surface area contributed by atoms with Crippen molar-refractivity contribution < 1.29 is 13.2 Å². The maximum atomic E-state index is 11.0. The van der Waals surface area contributed by atoms with Gasteiger partial charge >= 0.3 is 0 Å². The maximum Gasteiger partial charge on any atom is 0.209 e. The van der Waals surface area contributed by atoms with E-state index in [4.69, 9.17) is 9.88 Å². The molecule has 0 amide bonds. The lowest BCUT2D eigenvalue weighted by atomic mass is 10.1. The summed E-state index contributed by atoms with van der Waals surface area (Å²) in [6.07, 6.45) is 0.725. The van der Waals surface area contributed by atoms with Crippen molar-refractivity contribution in [2.45, 2.75) is 20.3 Å². The average molecular weight is 257 g/mol. The number of para-hydroxylation sites is 1. The fourth-order valence-corrected chi connectivity index (χ4v) is 2.53. The third-order valence-corrected chi connectivity index (χ3v) is 3.55. The Morgan fingerprint density at radius 1 is 1.35 bits per heavy atom. The average Bonchev–Trinajstić information content (AvgIpc) is 2.24. The van der Waals surface area contributed by atoms with Gasteiger partial charge in [-0.05, 0) is 25.0 Å². The van der Waals surface area contributed by atoms with Crippen molar-refractivity contribution in [3.63, 3.8) is 0 Å². The molecule has 0 aliphatic carbocycles. The van der Waals surface area contributed by atoms with Crippen LogP contribution in [-0.4, -0.2) is 20.8 Å². The van der Waals surface area contributed by atoms with Gasteiger partial charge in [0.15, 0.2) is 0 Å². The first-order chi connectivity index (χ1) is 7.92. The van der Waals surface area contributed by atoms with E-state index in [9.17, 15) is 8.42 Å². The van der Waals surface area contributed by atoms with Gasteiger partial charge in [-0.1, -0.05) is 25.1 Å². The number of benzene rings is 1. The Bertz CT molecular complexity index is 457. The SMILES string of the molecule is CCC(COc1ccccc1C)CS(N)(=O)=O. The quantitative estimate of drug-likeness (QED) is 0.843. The first kappa shape index (κ1) is 14.0. The molecule has 5 heteroatoms. The van der Waals surface area contributed by atoms with Crippen LogP contribution in [0.2, 0.25) is 0 Å². The summed E-state index contributed by atoms with van der Waals surface area (Å²) < 4.78 is 27.6. The number of rotatable bonds is 6. The van der Waals surface area contributed by atoms with Crippen LogP contribution in [0.1, 0.15) is 18.9 Å². The summed E-state index contributed by atoms with van der Waals surface area (Å²) >= 11 is 0. The monoisotopic (exact) mass is 257 g/mol. The van der Waals surface area contributed by atoms with Gasteiger partial charge in [-0.2, -0.15) is 0 Å². The Morgan fingerprint density at radius 3 is 2.53 bits per heavy atom. The highest BCUT2D eigenvalue weighted by Crippen LogP contribution is 2.18. The number of ether oxygens (including phenoxy) is 1. The van der Waals surface area contributed by atoms with Gasteiger partial charge in [0.2, 0.25) is 10.0 Å². The van der Waals surface area contributed by atoms with Crippen molar-refractivity contribution in [2.24, 2.45) is 11.1 Å². The zero-order valence-electron chi connectivity index (χ0n) is 10.2. The van der Waals surface area contributed by atoms with Crippen LogP contribution in [0.5, 0.6) is 5.75 Å². The van der Waals surface area contributed by atoms with Gasteiger partial charge in [0, 0.05) is 5.92 Å². The van der Waals surface area contributed by atoms with Crippen molar-refractivity contribution in [3.05, 3.63) is 29.8 Å². The topological polar surface area (TPSA) is 69.4 Å². The van der Waals surface area contributed by atoms with Crippen LogP contribution in [0.3, 0.4) is 0 Å². The Hall–Kier alpha value is -1.07. The van der Waals surface area contributed by atoms with Crippen LogP contribution in [0.4, 0.5) is 0 Å². The molecule has 0 spiro atoms. The zero-order chi connectivity index (χ0) is 12.9. The molecule has 1 aromatic carbocycles. The molecule has 0 saturated heterocycles. The molecule has 0 aliphatic rings. The third-order valence-electron chi connectivity index (χ3n) is 2.61. The van der Waals surface area contributed by atoms with E-state index in [2.05, 4.69) is 0 Å². The van der Waals surface area contributed by atoms with Crippen molar-refractivity contribution in [2.75, 3.05) is 12.4 Å². The molecule has 1 unspecified atom stereocenters. The molecule has 0 radical (unpaired) electrons. The molecule has 2 N–H and O–H groups in total. The van der Waals surface area contributed by atoms with Crippen LogP contribution in [-0.2, 0) is 10.0 Å². The highest BCUT2D eigenvalue weighted by atomic mass is 32.2. The summed E-state index contributed by atoms with van der Waals surface area (Å²) in [5.41, 5.74) is 1.04. The largest absolute Gasteiger partial charge is 0.493 e. The van der Waals surface area contributed by atoms with E-state index in [0.717, 1.165) is 17.7 Å². The highest BCUT2D eigenvalue weighted by Gasteiger charge is 2.15. The van der Waals surface area contributed by atoms with Gasteiger partial charge < -0.3 is 4.74 Å². The van der Waals surface area contributed by atoms with Gasteiger partial charge in [-0.3, -0.25) is 0 Å². The van der Waals surface area contributed by atoms with Crippen LogP contribution in [0, 0.1) is 12.8 Å². The van der Waals surface area contributed by atoms with E-state index in [1.165, 1.54) is 0 Å². The number of hydrogen-bond donors (Lipinski definition) is 1. The predicted octanol–water partition coefficient (Wildman–Crippen LogP) is 1.69. The standard InChI is InChI=1S/C12H19NO3S/c1-3-11(9-17(13,14)15)8-16-12-7-5-4-6-10(12)2/h4-7,11H,3,8-9H2,1-2H3,(H2,13,14,15). The molecular weight excluding hydrogens is 238 g/mol. The van der Waals surface area contributed by atoms with Crippen LogP contribution in [0.15, 0.2) is 24.3 Å². The number of hydrogen-bond acceptors (Lipinski definition) is 3. The van der Waals surface area contributed by atoms with Gasteiger partial charge in [0.1, 0.15) is 5.75 Å². The summed E-state index contributed by atoms with van der Waals surface area (Å²) in [4.78, 5) is 0. The van der Waals surface area contributed by atoms with Crippen molar-refractivity contribution in [1.29, 1.82) is 0 Å². The minimum absolute atomic E-state index is 0.0324. The van der Waals surface area contributed by atoms with Crippen LogP contribution in [0.25, 0.3) is 0 Å². The highest BCUT2D eigenvalue weighted by molar-refractivity contribution is 7.89. The molecule has 1 atom stereocenters. The summed E-state index contributed by atoms with van der Waals surface area (Å²) in [6.45, 7) is 4.25.